The van der Waals surface area contributed by atoms with Crippen molar-refractivity contribution in [2.24, 2.45) is 0 Å². The molecule has 0 aliphatic heterocycles. The van der Waals surface area contributed by atoms with Crippen molar-refractivity contribution in [3.63, 3.8) is 0 Å². The van der Waals surface area contributed by atoms with Crippen molar-refractivity contribution >= 4 is 23.2 Å². The van der Waals surface area contributed by atoms with Crippen molar-refractivity contribution in [3.8, 4) is 0 Å². The second-order valence-electron chi connectivity index (χ2n) is 4.96. The molecule has 1 aromatic rings. The van der Waals surface area contributed by atoms with E-state index in [0.717, 1.165) is 12.6 Å². The first-order valence-corrected chi connectivity index (χ1v) is 7.06. The maximum absolute atomic E-state index is 6.03. The van der Waals surface area contributed by atoms with E-state index in [-0.39, 0.29) is 0 Å². The minimum atomic E-state index is 0.635. The summed E-state index contributed by atoms with van der Waals surface area (Å²) in [5, 5.41) is 1.29. The number of benzene rings is 1. The number of hydrogen-bond acceptors (Lipinski definition) is 1. The van der Waals surface area contributed by atoms with Crippen LogP contribution in [0, 0.1) is 0 Å². The maximum Gasteiger partial charge on any atom is 0.0595 e. The van der Waals surface area contributed by atoms with Gasteiger partial charge in [0, 0.05) is 12.6 Å². The van der Waals surface area contributed by atoms with E-state index in [1.807, 2.05) is 12.1 Å². The lowest BCUT2D eigenvalue weighted by atomic mass is 9.94. The van der Waals surface area contributed by atoms with Gasteiger partial charge in [-0.2, -0.15) is 0 Å². The molecule has 1 aromatic carbocycles. The zero-order chi connectivity index (χ0) is 12.3. The van der Waals surface area contributed by atoms with Crippen molar-refractivity contribution in [3.05, 3.63) is 33.8 Å². The van der Waals surface area contributed by atoms with Crippen molar-refractivity contribution < 1.29 is 0 Å². The summed E-state index contributed by atoms with van der Waals surface area (Å²) in [6.07, 6.45) is 6.81. The van der Waals surface area contributed by atoms with Crippen molar-refractivity contribution in [2.75, 3.05) is 7.05 Å². The average molecular weight is 272 g/mol. The van der Waals surface area contributed by atoms with E-state index in [1.54, 1.807) is 0 Å². The highest BCUT2D eigenvalue weighted by atomic mass is 35.5. The molecule has 94 valence electrons. The van der Waals surface area contributed by atoms with Gasteiger partial charge in [0.25, 0.3) is 0 Å². The van der Waals surface area contributed by atoms with Crippen LogP contribution >= 0.6 is 23.2 Å². The third kappa shape index (κ3) is 3.61. The largest absolute Gasteiger partial charge is 0.299 e. The lowest BCUT2D eigenvalue weighted by Gasteiger charge is -2.31. The van der Waals surface area contributed by atoms with E-state index < -0.39 is 0 Å². The van der Waals surface area contributed by atoms with Gasteiger partial charge < -0.3 is 0 Å². The molecule has 0 unspecified atom stereocenters. The summed E-state index contributed by atoms with van der Waals surface area (Å²) in [5.74, 6) is 0. The molecule has 0 bridgehead atoms. The molecule has 1 fully saturated rings. The summed E-state index contributed by atoms with van der Waals surface area (Å²) in [4.78, 5) is 2.44. The first-order chi connectivity index (χ1) is 8.16. The third-order valence-electron chi connectivity index (χ3n) is 3.61. The molecule has 0 spiro atoms. The summed E-state index contributed by atoms with van der Waals surface area (Å²) in [5.41, 5.74) is 1.24. The smallest absolute Gasteiger partial charge is 0.0595 e. The predicted molar refractivity (Wildman–Crippen MR) is 74.8 cm³/mol. The Balaban J connectivity index is 1.96. The molecule has 2 rings (SSSR count). The van der Waals surface area contributed by atoms with Gasteiger partial charge in [0.1, 0.15) is 0 Å². The fourth-order valence-electron chi connectivity index (χ4n) is 2.58. The van der Waals surface area contributed by atoms with Gasteiger partial charge in [-0.1, -0.05) is 48.5 Å². The van der Waals surface area contributed by atoms with Crippen LogP contribution in [0.3, 0.4) is 0 Å². The third-order valence-corrected chi connectivity index (χ3v) is 4.35. The fraction of sp³-hybridized carbons (Fsp3) is 0.571. The van der Waals surface area contributed by atoms with Crippen LogP contribution in [0.15, 0.2) is 18.2 Å². The van der Waals surface area contributed by atoms with Crippen LogP contribution in [0.25, 0.3) is 0 Å². The van der Waals surface area contributed by atoms with Gasteiger partial charge in [0.2, 0.25) is 0 Å². The summed E-state index contributed by atoms with van der Waals surface area (Å²) >= 11 is 12.0. The van der Waals surface area contributed by atoms with Crippen LogP contribution in [0.4, 0.5) is 0 Å². The van der Waals surface area contributed by atoms with Gasteiger partial charge in [-0.3, -0.25) is 4.90 Å². The van der Waals surface area contributed by atoms with Crippen LogP contribution < -0.4 is 0 Å². The number of hydrogen-bond donors (Lipinski definition) is 0. The molecule has 0 radical (unpaired) electrons. The highest BCUT2D eigenvalue weighted by Gasteiger charge is 2.17. The molecular weight excluding hydrogens is 253 g/mol. The minimum Gasteiger partial charge on any atom is -0.299 e. The summed E-state index contributed by atoms with van der Waals surface area (Å²) < 4.78 is 0. The predicted octanol–water partition coefficient (Wildman–Crippen LogP) is 4.76. The second kappa shape index (κ2) is 6.08. The average Bonchev–Trinajstić information content (AvgIpc) is 2.35. The Morgan fingerprint density at radius 3 is 2.47 bits per heavy atom. The number of halogens is 2. The Morgan fingerprint density at radius 1 is 1.12 bits per heavy atom. The monoisotopic (exact) mass is 271 g/mol. The molecule has 1 aliphatic carbocycles. The Hall–Kier alpha value is -0.240. The topological polar surface area (TPSA) is 3.24 Å². The molecule has 0 aromatic heterocycles. The van der Waals surface area contributed by atoms with Crippen molar-refractivity contribution in [1.82, 2.24) is 4.90 Å². The van der Waals surface area contributed by atoms with Gasteiger partial charge in [-0.15, -0.1) is 0 Å². The number of nitrogens with zero attached hydrogens (tertiary/aromatic N) is 1. The highest BCUT2D eigenvalue weighted by Crippen LogP contribution is 2.26. The standard InChI is InChI=1S/C14H19Cl2N/c1-17(12-5-3-2-4-6-12)10-11-7-8-13(15)14(16)9-11/h7-9,12H,2-6,10H2,1H3. The molecule has 3 heteroatoms. The van der Waals surface area contributed by atoms with E-state index in [1.165, 1.54) is 37.7 Å². The van der Waals surface area contributed by atoms with Crippen LogP contribution in [-0.4, -0.2) is 18.0 Å². The second-order valence-corrected chi connectivity index (χ2v) is 5.77. The molecule has 1 saturated carbocycles. The summed E-state index contributed by atoms with van der Waals surface area (Å²) in [7, 11) is 2.21. The quantitative estimate of drug-likeness (QED) is 0.767. The number of rotatable bonds is 3. The molecule has 1 nitrogen and oxygen atoms in total. The Kier molecular flexibility index (Phi) is 4.72. The fourth-order valence-corrected chi connectivity index (χ4v) is 2.90. The normalized spacial score (nSPS) is 17.6. The lowest BCUT2D eigenvalue weighted by Crippen LogP contribution is -2.32. The molecule has 0 atom stereocenters. The van der Waals surface area contributed by atoms with Gasteiger partial charge in [0.05, 0.1) is 10.0 Å². The van der Waals surface area contributed by atoms with E-state index in [0.29, 0.717) is 10.0 Å². The molecule has 0 saturated heterocycles. The molecule has 17 heavy (non-hydrogen) atoms. The van der Waals surface area contributed by atoms with Crippen LogP contribution in [0.1, 0.15) is 37.7 Å². The molecule has 1 aliphatic rings. The van der Waals surface area contributed by atoms with Crippen molar-refractivity contribution in [1.29, 1.82) is 0 Å². The molecular formula is C14H19Cl2N. The van der Waals surface area contributed by atoms with E-state index in [9.17, 15) is 0 Å². The first-order valence-electron chi connectivity index (χ1n) is 6.31. The molecule has 0 heterocycles. The van der Waals surface area contributed by atoms with Crippen LogP contribution in [0.2, 0.25) is 10.0 Å². The maximum atomic E-state index is 6.03. The Morgan fingerprint density at radius 2 is 1.82 bits per heavy atom. The van der Waals surface area contributed by atoms with E-state index in [2.05, 4.69) is 18.0 Å². The van der Waals surface area contributed by atoms with Gasteiger partial charge in [0.15, 0.2) is 0 Å². The Bertz CT molecular complexity index is 372. The van der Waals surface area contributed by atoms with Gasteiger partial charge >= 0.3 is 0 Å². The van der Waals surface area contributed by atoms with Crippen LogP contribution in [-0.2, 0) is 6.54 Å². The van der Waals surface area contributed by atoms with Crippen molar-refractivity contribution in [2.45, 2.75) is 44.7 Å². The molecule has 0 N–H and O–H groups in total. The first kappa shape index (κ1) is 13.2. The Labute approximate surface area is 114 Å². The summed E-state index contributed by atoms with van der Waals surface area (Å²) in [6, 6.07) is 6.66. The van der Waals surface area contributed by atoms with E-state index in [4.69, 9.17) is 23.2 Å². The zero-order valence-electron chi connectivity index (χ0n) is 10.3. The van der Waals surface area contributed by atoms with Gasteiger partial charge in [-0.05, 0) is 37.6 Å². The SMILES string of the molecule is CN(Cc1ccc(Cl)c(Cl)c1)C1CCCCC1. The van der Waals surface area contributed by atoms with Gasteiger partial charge in [-0.25, -0.2) is 0 Å². The highest BCUT2D eigenvalue weighted by molar-refractivity contribution is 6.42. The zero-order valence-corrected chi connectivity index (χ0v) is 11.8. The molecule has 0 amide bonds. The lowest BCUT2D eigenvalue weighted by molar-refractivity contribution is 0.184. The minimum absolute atomic E-state index is 0.635. The summed E-state index contributed by atoms with van der Waals surface area (Å²) in [6.45, 7) is 0.960. The van der Waals surface area contributed by atoms with E-state index >= 15 is 0 Å². The van der Waals surface area contributed by atoms with Crippen LogP contribution in [0.5, 0.6) is 0 Å².